The van der Waals surface area contributed by atoms with Gasteiger partial charge in [-0.25, -0.2) is 9.97 Å². The van der Waals surface area contributed by atoms with Crippen molar-refractivity contribution < 1.29 is 31.1 Å². The molecule has 0 bridgehead atoms. The molecule has 3 aromatic rings. The highest BCUT2D eigenvalue weighted by atomic mass is 32.1. The summed E-state index contributed by atoms with van der Waals surface area (Å²) in [4.78, 5) is 19.5. The van der Waals surface area contributed by atoms with Crippen LogP contribution in [0, 0.1) is 6.92 Å². The van der Waals surface area contributed by atoms with Crippen LogP contribution in [0.4, 0.5) is 37.8 Å². The number of thiophene rings is 1. The maximum Gasteiger partial charge on any atom is 0.417 e. The Kier molecular flexibility index (Phi) is 4.69. The summed E-state index contributed by atoms with van der Waals surface area (Å²) in [5, 5.41) is 1.82. The van der Waals surface area contributed by atoms with Gasteiger partial charge in [-0.05, 0) is 25.1 Å². The van der Waals surface area contributed by atoms with E-state index in [2.05, 4.69) is 15.3 Å². The van der Waals surface area contributed by atoms with Gasteiger partial charge in [-0.3, -0.25) is 4.79 Å². The van der Waals surface area contributed by atoms with Crippen LogP contribution in [0.25, 0.3) is 10.2 Å². The van der Waals surface area contributed by atoms with Crippen molar-refractivity contribution in [3.8, 4) is 0 Å². The van der Waals surface area contributed by atoms with Gasteiger partial charge in [-0.2, -0.15) is 26.3 Å². The summed E-state index contributed by atoms with van der Waals surface area (Å²) in [5.74, 6) is -1.12. The first-order chi connectivity index (χ1) is 12.9. The molecule has 0 saturated heterocycles. The van der Waals surface area contributed by atoms with E-state index in [1.165, 1.54) is 6.92 Å². The number of nitrogens with one attached hydrogen (secondary N) is 1. The van der Waals surface area contributed by atoms with Gasteiger partial charge < -0.3 is 11.1 Å². The van der Waals surface area contributed by atoms with E-state index in [0.717, 1.165) is 12.1 Å². The highest BCUT2D eigenvalue weighted by Gasteiger charge is 2.36. The molecular weight excluding hydrogens is 410 g/mol. The van der Waals surface area contributed by atoms with Crippen molar-refractivity contribution in [1.29, 1.82) is 0 Å². The molecule has 0 aliphatic carbocycles. The first kappa shape index (κ1) is 19.9. The van der Waals surface area contributed by atoms with Gasteiger partial charge in [0.25, 0.3) is 5.91 Å². The number of aryl methyl sites for hydroxylation is 1. The van der Waals surface area contributed by atoms with Crippen LogP contribution in [-0.4, -0.2) is 15.9 Å². The number of hydrogen-bond donors (Lipinski definition) is 2. The Labute approximate surface area is 157 Å². The standard InChI is InChI=1S/C16H10F6N4OS/c1-6-4-8(16(20,21)22)10-11(23)12(28-14(10)25-6)13(27)26-9-3-2-7(5-24-9)15(17,18)19/h2-5H,23H2,1H3,(H,24,26,27). The first-order valence-electron chi connectivity index (χ1n) is 7.49. The molecule has 5 nitrogen and oxygen atoms in total. The van der Waals surface area contributed by atoms with Gasteiger partial charge >= 0.3 is 12.4 Å². The van der Waals surface area contributed by atoms with Crippen LogP contribution in [0.15, 0.2) is 24.4 Å². The number of fused-ring (bicyclic) bond motifs is 1. The molecule has 0 unspecified atom stereocenters. The third-order valence-corrected chi connectivity index (χ3v) is 4.77. The first-order valence-corrected chi connectivity index (χ1v) is 8.31. The minimum absolute atomic E-state index is 0.0737. The Morgan fingerprint density at radius 2 is 1.82 bits per heavy atom. The minimum Gasteiger partial charge on any atom is -0.397 e. The number of nitrogens with zero attached hydrogens (tertiary/aromatic N) is 2. The van der Waals surface area contributed by atoms with Crippen LogP contribution in [0.1, 0.15) is 26.5 Å². The number of amides is 1. The second kappa shape index (κ2) is 6.62. The molecule has 1 amide bonds. The van der Waals surface area contributed by atoms with Crippen LogP contribution in [0.2, 0.25) is 0 Å². The van der Waals surface area contributed by atoms with Gasteiger partial charge in [0.1, 0.15) is 15.5 Å². The fraction of sp³-hybridized carbons (Fsp3) is 0.188. The van der Waals surface area contributed by atoms with E-state index in [4.69, 9.17) is 5.73 Å². The highest BCUT2D eigenvalue weighted by Crippen LogP contribution is 2.42. The molecule has 28 heavy (non-hydrogen) atoms. The van der Waals surface area contributed by atoms with Gasteiger partial charge in [0.05, 0.1) is 16.8 Å². The number of aromatic nitrogens is 2. The molecule has 0 aliphatic heterocycles. The van der Waals surface area contributed by atoms with Crippen molar-refractivity contribution in [3.63, 3.8) is 0 Å². The molecule has 0 atom stereocenters. The molecule has 3 rings (SSSR count). The summed E-state index contributed by atoms with van der Waals surface area (Å²) in [6.07, 6.45) is -8.77. The predicted octanol–water partition coefficient (Wildman–Crippen LogP) is 4.87. The van der Waals surface area contributed by atoms with E-state index < -0.39 is 40.5 Å². The van der Waals surface area contributed by atoms with Gasteiger partial charge in [0.2, 0.25) is 0 Å². The largest absolute Gasteiger partial charge is 0.417 e. The lowest BCUT2D eigenvalue weighted by Gasteiger charge is -2.10. The van der Waals surface area contributed by atoms with Crippen LogP contribution >= 0.6 is 11.3 Å². The summed E-state index contributed by atoms with van der Waals surface area (Å²) in [7, 11) is 0. The van der Waals surface area contributed by atoms with Crippen molar-refractivity contribution in [2.24, 2.45) is 0 Å². The summed E-state index contributed by atoms with van der Waals surface area (Å²) in [6, 6.07) is 2.46. The Morgan fingerprint density at radius 1 is 1.14 bits per heavy atom. The number of anilines is 2. The fourth-order valence-electron chi connectivity index (χ4n) is 2.44. The summed E-state index contributed by atoms with van der Waals surface area (Å²) >= 11 is 0.647. The zero-order chi connectivity index (χ0) is 20.9. The van der Waals surface area contributed by atoms with Crippen LogP contribution < -0.4 is 11.1 Å². The van der Waals surface area contributed by atoms with E-state index >= 15 is 0 Å². The SMILES string of the molecule is Cc1cc(C(F)(F)F)c2c(N)c(C(=O)Nc3ccc(C(F)(F)F)cn3)sc2n1. The molecule has 3 N–H and O–H groups in total. The summed E-state index contributed by atoms with van der Waals surface area (Å²) in [6.45, 7) is 1.37. The molecular formula is C16H10F6N4OS. The van der Waals surface area contributed by atoms with Crippen molar-refractivity contribution in [2.75, 3.05) is 11.1 Å². The number of carbonyl (C=O) groups excluding carboxylic acids is 1. The quantitative estimate of drug-likeness (QED) is 0.580. The van der Waals surface area contributed by atoms with Crippen LogP contribution in [0.3, 0.4) is 0 Å². The van der Waals surface area contributed by atoms with Crippen molar-refractivity contribution in [1.82, 2.24) is 9.97 Å². The number of carbonyl (C=O) groups is 1. The second-order valence-electron chi connectivity index (χ2n) is 5.72. The third-order valence-electron chi connectivity index (χ3n) is 3.67. The minimum atomic E-state index is -4.70. The lowest BCUT2D eigenvalue weighted by atomic mass is 10.1. The molecule has 0 saturated carbocycles. The van der Waals surface area contributed by atoms with Gasteiger partial charge in [-0.15, -0.1) is 11.3 Å². The molecule has 148 valence electrons. The Hall–Kier alpha value is -2.89. The van der Waals surface area contributed by atoms with E-state index in [-0.39, 0.29) is 21.2 Å². The zero-order valence-electron chi connectivity index (χ0n) is 13.9. The summed E-state index contributed by atoms with van der Waals surface area (Å²) in [5.41, 5.74) is 3.41. The maximum atomic E-state index is 13.3. The monoisotopic (exact) mass is 420 g/mol. The number of nitrogens with two attached hydrogens (primary N) is 1. The van der Waals surface area contributed by atoms with Crippen molar-refractivity contribution >= 4 is 39.0 Å². The smallest absolute Gasteiger partial charge is 0.397 e. The number of halogens is 6. The second-order valence-corrected chi connectivity index (χ2v) is 6.72. The lowest BCUT2D eigenvalue weighted by Crippen LogP contribution is -2.14. The van der Waals surface area contributed by atoms with E-state index in [9.17, 15) is 31.1 Å². The molecule has 12 heteroatoms. The molecule has 0 spiro atoms. The predicted molar refractivity (Wildman–Crippen MR) is 91.0 cm³/mol. The molecule has 3 aromatic heterocycles. The highest BCUT2D eigenvalue weighted by molar-refractivity contribution is 7.21. The maximum absolute atomic E-state index is 13.3. The fourth-order valence-corrected chi connectivity index (χ4v) is 3.51. The zero-order valence-corrected chi connectivity index (χ0v) is 14.7. The Morgan fingerprint density at radius 3 is 2.36 bits per heavy atom. The molecule has 0 radical (unpaired) electrons. The number of alkyl halides is 6. The van der Waals surface area contributed by atoms with Crippen molar-refractivity contribution in [3.05, 3.63) is 46.1 Å². The van der Waals surface area contributed by atoms with E-state index in [0.29, 0.717) is 23.6 Å². The molecule has 0 fully saturated rings. The van der Waals surface area contributed by atoms with Crippen molar-refractivity contribution in [2.45, 2.75) is 19.3 Å². The van der Waals surface area contributed by atoms with Crippen LogP contribution in [0.5, 0.6) is 0 Å². The number of nitrogen functional groups attached to an aromatic ring is 1. The molecule has 3 heterocycles. The molecule has 0 aromatic carbocycles. The van der Waals surface area contributed by atoms with Crippen LogP contribution in [-0.2, 0) is 12.4 Å². The number of hydrogen-bond acceptors (Lipinski definition) is 5. The molecule has 0 aliphatic rings. The summed E-state index contributed by atoms with van der Waals surface area (Å²) < 4.78 is 77.5. The Balaban J connectivity index is 1.98. The van der Waals surface area contributed by atoms with E-state index in [1.807, 2.05) is 0 Å². The number of pyridine rings is 2. The van der Waals surface area contributed by atoms with Gasteiger partial charge in [-0.1, -0.05) is 0 Å². The van der Waals surface area contributed by atoms with Gasteiger partial charge in [0, 0.05) is 17.3 Å². The average Bonchev–Trinajstić information content (AvgIpc) is 2.89. The number of rotatable bonds is 2. The third kappa shape index (κ3) is 3.72. The lowest BCUT2D eigenvalue weighted by molar-refractivity contribution is -0.138. The topological polar surface area (TPSA) is 80.9 Å². The van der Waals surface area contributed by atoms with Gasteiger partial charge in [0.15, 0.2) is 0 Å². The van der Waals surface area contributed by atoms with E-state index in [1.54, 1.807) is 0 Å². The normalized spacial score (nSPS) is 12.4. The average molecular weight is 420 g/mol. The Bertz CT molecular complexity index is 1060.